The fourth-order valence-corrected chi connectivity index (χ4v) is 3.73. The van der Waals surface area contributed by atoms with Crippen LogP contribution in [0.3, 0.4) is 0 Å². The molecule has 1 saturated heterocycles. The van der Waals surface area contributed by atoms with Gasteiger partial charge in [-0.05, 0) is 24.9 Å². The SMILES string of the molecule is CN(Cc1nccs1)C(=O)NC[C@@H]1CCN(Cc2ccccc2F)C1. The third-order valence-electron chi connectivity index (χ3n) is 4.47. The summed E-state index contributed by atoms with van der Waals surface area (Å²) in [5.74, 6) is 0.257. The van der Waals surface area contributed by atoms with Crippen molar-refractivity contribution in [3.63, 3.8) is 0 Å². The molecule has 2 amide bonds. The van der Waals surface area contributed by atoms with E-state index in [1.165, 1.54) is 6.07 Å². The minimum absolute atomic E-state index is 0.0808. The Kier molecular flexibility index (Phi) is 5.99. The van der Waals surface area contributed by atoms with Gasteiger partial charge >= 0.3 is 6.03 Å². The lowest BCUT2D eigenvalue weighted by Crippen LogP contribution is -2.39. The molecule has 1 aromatic carbocycles. The van der Waals surface area contributed by atoms with E-state index in [4.69, 9.17) is 0 Å². The first-order valence-electron chi connectivity index (χ1n) is 8.45. The fourth-order valence-electron chi connectivity index (χ4n) is 3.06. The molecule has 2 heterocycles. The lowest BCUT2D eigenvalue weighted by Gasteiger charge is -2.19. The van der Waals surface area contributed by atoms with Crippen LogP contribution in [0.2, 0.25) is 0 Å². The standard InChI is InChI=1S/C18H23FN4OS/c1-22(13-17-20-7-9-25-17)18(24)21-10-14-6-8-23(11-14)12-15-4-2-3-5-16(15)19/h2-5,7,9,14H,6,8,10-13H2,1H3,(H,21,24)/t14-/m0/s1. The molecule has 134 valence electrons. The van der Waals surface area contributed by atoms with Gasteiger partial charge in [-0.2, -0.15) is 0 Å². The molecule has 0 bridgehead atoms. The first-order valence-corrected chi connectivity index (χ1v) is 9.33. The van der Waals surface area contributed by atoms with Crippen LogP contribution >= 0.6 is 11.3 Å². The average Bonchev–Trinajstić information content (AvgIpc) is 3.26. The van der Waals surface area contributed by atoms with Crippen molar-refractivity contribution in [3.8, 4) is 0 Å². The van der Waals surface area contributed by atoms with E-state index in [0.29, 0.717) is 25.6 Å². The molecule has 0 saturated carbocycles. The van der Waals surface area contributed by atoms with Gasteiger partial charge in [-0.3, -0.25) is 4.90 Å². The highest BCUT2D eigenvalue weighted by atomic mass is 32.1. The van der Waals surface area contributed by atoms with Crippen molar-refractivity contribution in [2.45, 2.75) is 19.5 Å². The van der Waals surface area contributed by atoms with Gasteiger partial charge in [0.25, 0.3) is 0 Å². The van der Waals surface area contributed by atoms with Crippen LogP contribution in [0, 0.1) is 11.7 Å². The highest BCUT2D eigenvalue weighted by Crippen LogP contribution is 2.19. The molecule has 0 aliphatic carbocycles. The van der Waals surface area contributed by atoms with Crippen molar-refractivity contribution in [2.75, 3.05) is 26.7 Å². The van der Waals surface area contributed by atoms with Gasteiger partial charge in [0.15, 0.2) is 0 Å². The van der Waals surface area contributed by atoms with E-state index in [1.54, 1.807) is 35.5 Å². The molecule has 3 rings (SSSR count). The zero-order chi connectivity index (χ0) is 17.6. The minimum Gasteiger partial charge on any atom is -0.338 e. The summed E-state index contributed by atoms with van der Waals surface area (Å²) in [6.45, 7) is 3.61. The lowest BCUT2D eigenvalue weighted by molar-refractivity contribution is 0.204. The first kappa shape index (κ1) is 17.8. The Balaban J connectivity index is 1.41. The second kappa shape index (κ2) is 8.40. The monoisotopic (exact) mass is 362 g/mol. The Morgan fingerprint density at radius 3 is 3.08 bits per heavy atom. The number of carbonyl (C=O) groups excluding carboxylic acids is 1. The zero-order valence-electron chi connectivity index (χ0n) is 14.3. The molecule has 0 radical (unpaired) electrons. The molecule has 1 atom stereocenters. The van der Waals surface area contributed by atoms with Crippen molar-refractivity contribution >= 4 is 17.4 Å². The van der Waals surface area contributed by atoms with Crippen molar-refractivity contribution in [2.24, 2.45) is 5.92 Å². The van der Waals surface area contributed by atoms with Crippen LogP contribution in [0.25, 0.3) is 0 Å². The van der Waals surface area contributed by atoms with Crippen molar-refractivity contribution < 1.29 is 9.18 Å². The fraction of sp³-hybridized carbons (Fsp3) is 0.444. The number of carbonyl (C=O) groups is 1. The number of thiazole rings is 1. The number of hydrogen-bond acceptors (Lipinski definition) is 4. The summed E-state index contributed by atoms with van der Waals surface area (Å²) >= 11 is 1.54. The average molecular weight is 362 g/mol. The molecule has 1 aliphatic rings. The van der Waals surface area contributed by atoms with Crippen LogP contribution in [0.15, 0.2) is 35.8 Å². The predicted octanol–water partition coefficient (Wildman–Crippen LogP) is 2.95. The minimum atomic E-state index is -0.150. The second-order valence-electron chi connectivity index (χ2n) is 6.45. The summed E-state index contributed by atoms with van der Waals surface area (Å²) in [7, 11) is 1.77. The number of aromatic nitrogens is 1. The van der Waals surface area contributed by atoms with Gasteiger partial charge in [0.05, 0.1) is 6.54 Å². The molecule has 2 aromatic rings. The largest absolute Gasteiger partial charge is 0.338 e. The topological polar surface area (TPSA) is 48.5 Å². The third-order valence-corrected chi connectivity index (χ3v) is 5.23. The second-order valence-corrected chi connectivity index (χ2v) is 7.43. The quantitative estimate of drug-likeness (QED) is 0.860. The van der Waals surface area contributed by atoms with Gasteiger partial charge in [0.1, 0.15) is 10.8 Å². The lowest BCUT2D eigenvalue weighted by atomic mass is 10.1. The van der Waals surface area contributed by atoms with E-state index in [9.17, 15) is 9.18 Å². The number of benzene rings is 1. The molecule has 1 N–H and O–H groups in total. The maximum Gasteiger partial charge on any atom is 0.317 e. The predicted molar refractivity (Wildman–Crippen MR) is 96.8 cm³/mol. The molecule has 5 nitrogen and oxygen atoms in total. The summed E-state index contributed by atoms with van der Waals surface area (Å²) in [4.78, 5) is 20.3. The van der Waals surface area contributed by atoms with Crippen LogP contribution in [-0.4, -0.2) is 47.5 Å². The van der Waals surface area contributed by atoms with Gasteiger partial charge in [-0.15, -0.1) is 11.3 Å². The molecule has 1 aliphatic heterocycles. The van der Waals surface area contributed by atoms with Gasteiger partial charge < -0.3 is 10.2 Å². The van der Waals surface area contributed by atoms with E-state index in [2.05, 4.69) is 15.2 Å². The summed E-state index contributed by atoms with van der Waals surface area (Å²) in [6.07, 6.45) is 2.76. The van der Waals surface area contributed by atoms with Crippen LogP contribution in [-0.2, 0) is 13.1 Å². The van der Waals surface area contributed by atoms with Gasteiger partial charge in [0, 0.05) is 43.8 Å². The number of rotatable bonds is 6. The maximum atomic E-state index is 13.7. The van der Waals surface area contributed by atoms with E-state index in [1.807, 2.05) is 17.5 Å². The van der Waals surface area contributed by atoms with Gasteiger partial charge in [-0.25, -0.2) is 14.2 Å². The van der Waals surface area contributed by atoms with Gasteiger partial charge in [-0.1, -0.05) is 18.2 Å². The van der Waals surface area contributed by atoms with Crippen molar-refractivity contribution in [3.05, 3.63) is 52.2 Å². The molecule has 0 spiro atoms. The van der Waals surface area contributed by atoms with Crippen LogP contribution in [0.1, 0.15) is 17.0 Å². The number of likely N-dealkylation sites (tertiary alicyclic amines) is 1. The van der Waals surface area contributed by atoms with E-state index in [0.717, 1.165) is 30.1 Å². The summed E-state index contributed by atoms with van der Waals surface area (Å²) in [6, 6.07) is 6.83. The number of hydrogen-bond donors (Lipinski definition) is 1. The number of nitrogens with zero attached hydrogens (tertiary/aromatic N) is 3. The zero-order valence-corrected chi connectivity index (χ0v) is 15.1. The third kappa shape index (κ3) is 4.99. The molecule has 0 unspecified atom stereocenters. The molecular weight excluding hydrogens is 339 g/mol. The highest BCUT2D eigenvalue weighted by Gasteiger charge is 2.24. The number of nitrogens with one attached hydrogen (secondary N) is 1. The maximum absolute atomic E-state index is 13.7. The van der Waals surface area contributed by atoms with Crippen LogP contribution < -0.4 is 5.32 Å². The molecule has 7 heteroatoms. The summed E-state index contributed by atoms with van der Waals surface area (Å²) in [5.41, 5.74) is 0.732. The number of halogens is 1. The first-order chi connectivity index (χ1) is 12.1. The Morgan fingerprint density at radius 1 is 1.48 bits per heavy atom. The normalized spacial score (nSPS) is 17.6. The Labute approximate surface area is 151 Å². The Hall–Kier alpha value is -1.99. The summed E-state index contributed by atoms with van der Waals surface area (Å²) in [5, 5.41) is 5.83. The van der Waals surface area contributed by atoms with Crippen LogP contribution in [0.5, 0.6) is 0 Å². The van der Waals surface area contributed by atoms with Crippen molar-refractivity contribution in [1.29, 1.82) is 0 Å². The highest BCUT2D eigenvalue weighted by molar-refractivity contribution is 7.09. The molecule has 25 heavy (non-hydrogen) atoms. The van der Waals surface area contributed by atoms with E-state index in [-0.39, 0.29) is 11.8 Å². The van der Waals surface area contributed by atoms with Gasteiger partial charge in [0.2, 0.25) is 0 Å². The Morgan fingerprint density at radius 2 is 2.32 bits per heavy atom. The summed E-state index contributed by atoms with van der Waals surface area (Å²) < 4.78 is 13.7. The molecular formula is C18H23FN4OS. The Bertz CT molecular complexity index is 694. The van der Waals surface area contributed by atoms with Crippen LogP contribution in [0.4, 0.5) is 9.18 Å². The number of urea groups is 1. The molecule has 1 fully saturated rings. The number of amides is 2. The van der Waals surface area contributed by atoms with E-state index < -0.39 is 0 Å². The van der Waals surface area contributed by atoms with E-state index >= 15 is 0 Å². The molecule has 1 aromatic heterocycles. The smallest absolute Gasteiger partial charge is 0.317 e. The van der Waals surface area contributed by atoms with Crippen molar-refractivity contribution in [1.82, 2.24) is 20.1 Å².